The fourth-order valence-electron chi connectivity index (χ4n) is 4.40. The molecule has 1 aromatic carbocycles. The van der Waals surface area contributed by atoms with Crippen LogP contribution in [-0.2, 0) is 6.54 Å². The Morgan fingerprint density at radius 2 is 1.94 bits per heavy atom. The maximum atomic E-state index is 13.5. The van der Waals surface area contributed by atoms with Gasteiger partial charge in [-0.15, -0.1) is 0 Å². The second-order valence-electron chi connectivity index (χ2n) is 8.36. The van der Waals surface area contributed by atoms with Gasteiger partial charge in [0.05, 0.1) is 29.6 Å². The third kappa shape index (κ3) is 3.42. The van der Waals surface area contributed by atoms with Gasteiger partial charge in [0, 0.05) is 53.8 Å². The summed E-state index contributed by atoms with van der Waals surface area (Å²) in [4.78, 5) is 14.1. The van der Waals surface area contributed by atoms with Gasteiger partial charge in [-0.3, -0.25) is 20.0 Å². The smallest absolute Gasteiger partial charge is 0.261 e. The molecule has 0 aliphatic carbocycles. The number of rotatable bonds is 4. The molecule has 0 saturated carbocycles. The van der Waals surface area contributed by atoms with E-state index in [1.165, 1.54) is 0 Å². The Hall–Kier alpha value is -3.65. The van der Waals surface area contributed by atoms with Crippen LogP contribution in [-0.4, -0.2) is 49.1 Å². The zero-order chi connectivity index (χ0) is 21.7. The highest BCUT2D eigenvalue weighted by Crippen LogP contribution is 2.31. The molecule has 1 saturated heterocycles. The third-order valence-corrected chi connectivity index (χ3v) is 5.98. The van der Waals surface area contributed by atoms with Gasteiger partial charge < -0.3 is 4.98 Å². The highest BCUT2D eigenvalue weighted by atomic mass is 19.3. The quantitative estimate of drug-likeness (QED) is 0.420. The van der Waals surface area contributed by atoms with Crippen LogP contribution in [0.1, 0.15) is 12.0 Å². The molecule has 1 aliphatic rings. The van der Waals surface area contributed by atoms with Crippen molar-refractivity contribution in [2.45, 2.75) is 18.9 Å². The standard InChI is InChI=1S/C24H20F2N6/c25-24(26)5-6-32(14-24)13-15-7-17(11-27-10-15)20-9-18-22(12-28-20)30-31-23(18)21-8-16-3-1-2-4-19(16)29-21/h1-4,7-12,29H,5-6,13-14H2,(H,30,31). The van der Waals surface area contributed by atoms with E-state index in [9.17, 15) is 8.78 Å². The molecule has 1 aliphatic heterocycles. The normalized spacial score (nSPS) is 16.3. The van der Waals surface area contributed by atoms with Gasteiger partial charge in [0.15, 0.2) is 0 Å². The number of H-pyrrole nitrogens is 2. The minimum Gasteiger partial charge on any atom is -0.353 e. The molecule has 0 radical (unpaired) electrons. The largest absolute Gasteiger partial charge is 0.353 e. The van der Waals surface area contributed by atoms with E-state index in [1.807, 2.05) is 30.3 Å². The monoisotopic (exact) mass is 430 g/mol. The summed E-state index contributed by atoms with van der Waals surface area (Å²) in [7, 11) is 0. The third-order valence-electron chi connectivity index (χ3n) is 5.98. The molecule has 6 nitrogen and oxygen atoms in total. The van der Waals surface area contributed by atoms with Crippen LogP contribution in [0.15, 0.2) is 61.1 Å². The molecular formula is C24H20F2N6. The van der Waals surface area contributed by atoms with Gasteiger partial charge in [0.1, 0.15) is 5.69 Å². The van der Waals surface area contributed by atoms with Crippen molar-refractivity contribution in [3.05, 3.63) is 66.6 Å². The zero-order valence-corrected chi connectivity index (χ0v) is 17.1. The average molecular weight is 430 g/mol. The summed E-state index contributed by atoms with van der Waals surface area (Å²) >= 11 is 0. The van der Waals surface area contributed by atoms with Gasteiger partial charge >= 0.3 is 0 Å². The molecular weight excluding hydrogens is 410 g/mol. The molecule has 160 valence electrons. The molecule has 0 bridgehead atoms. The molecule has 1 fully saturated rings. The van der Waals surface area contributed by atoms with Crippen molar-refractivity contribution < 1.29 is 8.78 Å². The van der Waals surface area contributed by atoms with E-state index in [-0.39, 0.29) is 13.0 Å². The molecule has 0 atom stereocenters. The number of hydrogen-bond acceptors (Lipinski definition) is 4. The van der Waals surface area contributed by atoms with Crippen LogP contribution in [0.3, 0.4) is 0 Å². The van der Waals surface area contributed by atoms with E-state index in [1.54, 1.807) is 23.5 Å². The second-order valence-corrected chi connectivity index (χ2v) is 8.36. The predicted molar refractivity (Wildman–Crippen MR) is 119 cm³/mol. The number of halogens is 2. The first-order valence-corrected chi connectivity index (χ1v) is 10.5. The molecule has 32 heavy (non-hydrogen) atoms. The van der Waals surface area contributed by atoms with Gasteiger partial charge in [-0.25, -0.2) is 8.78 Å². The van der Waals surface area contributed by atoms with Gasteiger partial charge in [0.2, 0.25) is 0 Å². The van der Waals surface area contributed by atoms with E-state index in [0.717, 1.165) is 50.0 Å². The SMILES string of the molecule is FC1(F)CCN(Cc2cncc(-c3cc4c(-c5cc6ccccc6[nH]5)n[nH]c4cn3)c2)C1. The van der Waals surface area contributed by atoms with Gasteiger partial charge in [0.25, 0.3) is 5.92 Å². The van der Waals surface area contributed by atoms with Gasteiger partial charge in [-0.05, 0) is 29.8 Å². The number of para-hydroxylation sites is 1. The van der Waals surface area contributed by atoms with E-state index in [4.69, 9.17) is 0 Å². The number of hydrogen-bond donors (Lipinski definition) is 2. The highest BCUT2D eigenvalue weighted by Gasteiger charge is 2.37. The minimum absolute atomic E-state index is 0.0879. The van der Waals surface area contributed by atoms with Crippen LogP contribution in [0.25, 0.3) is 44.5 Å². The fourth-order valence-corrected chi connectivity index (χ4v) is 4.40. The van der Waals surface area contributed by atoms with Crippen LogP contribution in [0.2, 0.25) is 0 Å². The van der Waals surface area contributed by atoms with Crippen LogP contribution in [0.4, 0.5) is 8.78 Å². The summed E-state index contributed by atoms with van der Waals surface area (Å²) in [5.74, 6) is -2.60. The van der Waals surface area contributed by atoms with Crippen LogP contribution in [0.5, 0.6) is 0 Å². The minimum atomic E-state index is -2.60. The summed E-state index contributed by atoms with van der Waals surface area (Å²) < 4.78 is 27.1. The van der Waals surface area contributed by atoms with Crippen LogP contribution < -0.4 is 0 Å². The topological polar surface area (TPSA) is 73.5 Å². The predicted octanol–water partition coefficient (Wildman–Crippen LogP) is 5.01. The summed E-state index contributed by atoms with van der Waals surface area (Å²) in [6.45, 7) is 0.638. The summed E-state index contributed by atoms with van der Waals surface area (Å²) in [5.41, 5.74) is 6.14. The molecule has 6 rings (SSSR count). The Kier molecular flexibility index (Phi) is 4.29. The lowest BCUT2D eigenvalue weighted by Gasteiger charge is -2.15. The molecule has 2 N–H and O–H groups in total. The number of aromatic amines is 2. The maximum absolute atomic E-state index is 13.5. The Morgan fingerprint density at radius 3 is 2.78 bits per heavy atom. The molecule has 5 heterocycles. The Balaban J connectivity index is 1.34. The van der Waals surface area contributed by atoms with E-state index in [2.05, 4.69) is 37.3 Å². The Bertz CT molecular complexity index is 1400. The van der Waals surface area contributed by atoms with Crippen molar-refractivity contribution in [2.24, 2.45) is 0 Å². The van der Waals surface area contributed by atoms with Crippen molar-refractivity contribution >= 4 is 21.8 Å². The number of pyridine rings is 2. The Labute approximate surface area is 182 Å². The maximum Gasteiger partial charge on any atom is 0.261 e. The summed E-state index contributed by atoms with van der Waals surface area (Å²) in [6, 6.07) is 14.1. The van der Waals surface area contributed by atoms with Crippen molar-refractivity contribution in [1.82, 2.24) is 30.0 Å². The average Bonchev–Trinajstić information content (AvgIpc) is 3.49. The highest BCUT2D eigenvalue weighted by molar-refractivity contribution is 5.96. The first-order chi connectivity index (χ1) is 15.5. The zero-order valence-electron chi connectivity index (χ0n) is 17.1. The van der Waals surface area contributed by atoms with Gasteiger partial charge in [-0.1, -0.05) is 18.2 Å². The fraction of sp³-hybridized carbons (Fsp3) is 0.208. The number of fused-ring (bicyclic) bond motifs is 2. The molecule has 4 aromatic heterocycles. The van der Waals surface area contributed by atoms with Crippen molar-refractivity contribution in [2.75, 3.05) is 13.1 Å². The molecule has 0 amide bonds. The Morgan fingerprint density at radius 1 is 1.03 bits per heavy atom. The number of benzene rings is 1. The van der Waals surface area contributed by atoms with E-state index >= 15 is 0 Å². The first kappa shape index (κ1) is 19.1. The number of alkyl halides is 2. The summed E-state index contributed by atoms with van der Waals surface area (Å²) in [6.07, 6.45) is 5.15. The lowest BCUT2D eigenvalue weighted by atomic mass is 10.1. The molecule has 0 spiro atoms. The first-order valence-electron chi connectivity index (χ1n) is 10.5. The van der Waals surface area contributed by atoms with E-state index < -0.39 is 5.92 Å². The molecule has 8 heteroatoms. The molecule has 0 unspecified atom stereocenters. The van der Waals surface area contributed by atoms with Crippen molar-refractivity contribution in [3.8, 4) is 22.6 Å². The van der Waals surface area contributed by atoms with Crippen molar-refractivity contribution in [3.63, 3.8) is 0 Å². The lowest BCUT2D eigenvalue weighted by Crippen LogP contribution is -2.24. The number of likely N-dealkylation sites (tertiary alicyclic amines) is 1. The summed E-state index contributed by atoms with van der Waals surface area (Å²) in [5, 5.41) is 9.63. The van der Waals surface area contributed by atoms with Gasteiger partial charge in [-0.2, -0.15) is 5.10 Å². The van der Waals surface area contributed by atoms with Crippen LogP contribution in [0, 0.1) is 0 Å². The lowest BCUT2D eigenvalue weighted by molar-refractivity contribution is 0.0115. The molecule has 5 aromatic rings. The number of aromatic nitrogens is 5. The van der Waals surface area contributed by atoms with Crippen molar-refractivity contribution in [1.29, 1.82) is 0 Å². The van der Waals surface area contributed by atoms with Crippen LogP contribution >= 0.6 is 0 Å². The van der Waals surface area contributed by atoms with E-state index in [0.29, 0.717) is 13.1 Å². The number of nitrogens with zero attached hydrogens (tertiary/aromatic N) is 4. The number of nitrogens with one attached hydrogen (secondary N) is 2. The second kappa shape index (κ2) is 7.20.